The lowest BCUT2D eigenvalue weighted by Gasteiger charge is -2.15. The van der Waals surface area contributed by atoms with Crippen molar-refractivity contribution in [2.75, 3.05) is 0 Å². The van der Waals surface area contributed by atoms with Crippen LogP contribution in [0.5, 0.6) is 0 Å². The molecule has 0 aromatic carbocycles. The molecule has 0 fully saturated rings. The summed E-state index contributed by atoms with van der Waals surface area (Å²) >= 11 is 0. The van der Waals surface area contributed by atoms with Crippen molar-refractivity contribution in [3.05, 3.63) is 24.3 Å². The van der Waals surface area contributed by atoms with Gasteiger partial charge in [-0.1, -0.05) is 50.8 Å². The smallest absolute Gasteiger partial charge is 0.303 e. The fraction of sp³-hybridized carbons (Fsp3) is 0.667. The third-order valence-corrected chi connectivity index (χ3v) is 4.18. The predicted octanol–water partition coefficient (Wildman–Crippen LogP) is 3.50. The highest BCUT2D eigenvalue weighted by Gasteiger charge is 2.27. The molecule has 0 saturated carbocycles. The number of carboxylic acids is 1. The molecule has 0 aromatic heterocycles. The van der Waals surface area contributed by atoms with Gasteiger partial charge in [0.25, 0.3) is 0 Å². The van der Waals surface area contributed by atoms with Gasteiger partial charge in [-0.2, -0.15) is 0 Å². The highest BCUT2D eigenvalue weighted by Crippen LogP contribution is 2.29. The lowest BCUT2D eigenvalue weighted by Crippen LogP contribution is -2.14. The molecule has 0 heterocycles. The van der Waals surface area contributed by atoms with E-state index in [0.29, 0.717) is 6.42 Å². The number of hydrogen-bond donors (Lipinski definition) is 2. The van der Waals surface area contributed by atoms with Crippen molar-refractivity contribution in [1.29, 1.82) is 0 Å². The van der Waals surface area contributed by atoms with Crippen LogP contribution in [0.1, 0.15) is 58.3 Å². The van der Waals surface area contributed by atoms with Gasteiger partial charge in [0.2, 0.25) is 0 Å². The quantitative estimate of drug-likeness (QED) is 0.452. The lowest BCUT2D eigenvalue weighted by atomic mass is 9.89. The SMILES string of the molecule is CC[C@H](O)/C=C/[C@H]1C(=O)C=C[C@H]1CCCCCCCC(=O)O. The van der Waals surface area contributed by atoms with E-state index in [9.17, 15) is 14.7 Å². The van der Waals surface area contributed by atoms with E-state index in [1.807, 2.05) is 19.1 Å². The highest BCUT2D eigenvalue weighted by atomic mass is 16.4. The first-order valence-electron chi connectivity index (χ1n) is 8.34. The first-order valence-corrected chi connectivity index (χ1v) is 8.34. The number of aliphatic carboxylic acids is 1. The maximum atomic E-state index is 11.8. The number of unbranched alkanes of at least 4 members (excludes halogenated alkanes) is 4. The zero-order valence-electron chi connectivity index (χ0n) is 13.4. The molecule has 4 nitrogen and oxygen atoms in total. The number of carboxylic acid groups (broad SMARTS) is 1. The minimum absolute atomic E-state index is 0.117. The topological polar surface area (TPSA) is 74.6 Å². The average molecular weight is 308 g/mol. The second-order valence-electron chi connectivity index (χ2n) is 6.01. The van der Waals surface area contributed by atoms with E-state index in [2.05, 4.69) is 0 Å². The van der Waals surface area contributed by atoms with E-state index in [4.69, 9.17) is 5.11 Å². The van der Waals surface area contributed by atoms with Gasteiger partial charge in [-0.25, -0.2) is 0 Å². The van der Waals surface area contributed by atoms with Crippen molar-refractivity contribution in [2.45, 2.75) is 64.4 Å². The van der Waals surface area contributed by atoms with E-state index >= 15 is 0 Å². The van der Waals surface area contributed by atoms with Crippen molar-refractivity contribution in [3.63, 3.8) is 0 Å². The Labute approximate surface area is 132 Å². The summed E-state index contributed by atoms with van der Waals surface area (Å²) in [4.78, 5) is 22.2. The molecule has 4 heteroatoms. The van der Waals surface area contributed by atoms with Crippen LogP contribution < -0.4 is 0 Å². The summed E-state index contributed by atoms with van der Waals surface area (Å²) < 4.78 is 0. The van der Waals surface area contributed by atoms with Gasteiger partial charge < -0.3 is 10.2 Å². The second-order valence-corrected chi connectivity index (χ2v) is 6.01. The summed E-state index contributed by atoms with van der Waals surface area (Å²) in [5.41, 5.74) is 0. The van der Waals surface area contributed by atoms with Gasteiger partial charge in [0, 0.05) is 12.3 Å². The maximum absolute atomic E-state index is 11.8. The van der Waals surface area contributed by atoms with Crippen LogP contribution in [0, 0.1) is 11.8 Å². The summed E-state index contributed by atoms with van der Waals surface area (Å²) in [5, 5.41) is 18.1. The predicted molar refractivity (Wildman–Crippen MR) is 86.5 cm³/mol. The molecule has 1 rings (SSSR count). The first kappa shape index (κ1) is 18.6. The molecule has 0 aliphatic heterocycles. The standard InChI is InChI=1S/C18H28O4/c1-2-15(19)11-12-16-14(10-13-17(16)20)8-6-4-3-5-7-9-18(21)22/h10-16,19H,2-9H2,1H3,(H,21,22)/b12-11+/t14-,15+,16-/m1/s1. The molecule has 1 aliphatic carbocycles. The minimum Gasteiger partial charge on any atom is -0.481 e. The van der Waals surface area contributed by atoms with E-state index in [-0.39, 0.29) is 24.0 Å². The number of ketones is 1. The normalized spacial score (nSPS) is 22.5. The van der Waals surface area contributed by atoms with Crippen LogP contribution in [-0.4, -0.2) is 28.1 Å². The summed E-state index contributed by atoms with van der Waals surface area (Å²) in [5.74, 6) is -0.468. The molecular formula is C18H28O4. The van der Waals surface area contributed by atoms with Crippen LogP contribution in [0.15, 0.2) is 24.3 Å². The number of carbonyl (C=O) groups is 2. The second kappa shape index (κ2) is 10.3. The van der Waals surface area contributed by atoms with E-state index in [1.165, 1.54) is 0 Å². The van der Waals surface area contributed by atoms with Crippen LogP contribution in [0.25, 0.3) is 0 Å². The van der Waals surface area contributed by atoms with Gasteiger partial charge in [0.1, 0.15) is 0 Å². The third-order valence-electron chi connectivity index (χ3n) is 4.18. The maximum Gasteiger partial charge on any atom is 0.303 e. The van der Waals surface area contributed by atoms with Gasteiger partial charge in [-0.15, -0.1) is 0 Å². The van der Waals surface area contributed by atoms with Crippen molar-refractivity contribution in [2.24, 2.45) is 11.8 Å². The Balaban J connectivity index is 2.23. The van der Waals surface area contributed by atoms with Crippen molar-refractivity contribution < 1.29 is 19.8 Å². The molecule has 0 spiro atoms. The average Bonchev–Trinajstić information content (AvgIpc) is 2.83. The van der Waals surface area contributed by atoms with Crippen molar-refractivity contribution in [1.82, 2.24) is 0 Å². The Hall–Kier alpha value is -1.42. The van der Waals surface area contributed by atoms with E-state index in [1.54, 1.807) is 12.2 Å². The fourth-order valence-corrected chi connectivity index (χ4v) is 2.74. The van der Waals surface area contributed by atoms with Crippen molar-refractivity contribution in [3.8, 4) is 0 Å². The molecule has 0 radical (unpaired) electrons. The molecule has 1 aliphatic rings. The highest BCUT2D eigenvalue weighted by molar-refractivity contribution is 5.95. The Morgan fingerprint density at radius 1 is 1.27 bits per heavy atom. The summed E-state index contributed by atoms with van der Waals surface area (Å²) in [6.45, 7) is 1.91. The molecule has 3 atom stereocenters. The zero-order valence-corrected chi connectivity index (χ0v) is 13.4. The monoisotopic (exact) mass is 308 g/mol. The van der Waals surface area contributed by atoms with Gasteiger partial charge >= 0.3 is 5.97 Å². The molecule has 124 valence electrons. The number of aliphatic hydroxyl groups is 1. The number of carbonyl (C=O) groups excluding carboxylic acids is 1. The van der Waals surface area contributed by atoms with Crippen LogP contribution in [0.4, 0.5) is 0 Å². The largest absolute Gasteiger partial charge is 0.481 e. The molecule has 22 heavy (non-hydrogen) atoms. The Kier molecular flexibility index (Phi) is 8.75. The van der Waals surface area contributed by atoms with Crippen LogP contribution in [-0.2, 0) is 9.59 Å². The Morgan fingerprint density at radius 2 is 1.95 bits per heavy atom. The number of rotatable bonds is 11. The van der Waals surface area contributed by atoms with Crippen molar-refractivity contribution >= 4 is 11.8 Å². The van der Waals surface area contributed by atoms with E-state index < -0.39 is 12.1 Å². The fourth-order valence-electron chi connectivity index (χ4n) is 2.74. The number of hydrogen-bond acceptors (Lipinski definition) is 3. The van der Waals surface area contributed by atoms with E-state index in [0.717, 1.165) is 38.5 Å². The zero-order chi connectivity index (χ0) is 16.4. The molecule has 0 unspecified atom stereocenters. The molecule has 0 aromatic rings. The molecule has 2 N–H and O–H groups in total. The molecule has 0 saturated heterocycles. The Bertz CT molecular complexity index is 411. The van der Waals surface area contributed by atoms with Crippen LogP contribution in [0.3, 0.4) is 0 Å². The summed E-state index contributed by atoms with van der Waals surface area (Å²) in [7, 11) is 0. The molecule has 0 bridgehead atoms. The summed E-state index contributed by atoms with van der Waals surface area (Å²) in [6.07, 6.45) is 13.5. The minimum atomic E-state index is -0.724. The van der Waals surface area contributed by atoms with Crippen LogP contribution in [0.2, 0.25) is 0 Å². The number of allylic oxidation sites excluding steroid dienone is 3. The van der Waals surface area contributed by atoms with Crippen LogP contribution >= 0.6 is 0 Å². The lowest BCUT2D eigenvalue weighted by molar-refractivity contribution is -0.137. The van der Waals surface area contributed by atoms with Gasteiger partial charge in [-0.3, -0.25) is 9.59 Å². The first-order chi connectivity index (χ1) is 10.5. The van der Waals surface area contributed by atoms with Gasteiger partial charge in [0.15, 0.2) is 5.78 Å². The van der Waals surface area contributed by atoms with Gasteiger partial charge in [-0.05, 0) is 31.3 Å². The number of aliphatic hydroxyl groups excluding tert-OH is 1. The molecule has 0 amide bonds. The Morgan fingerprint density at radius 3 is 2.64 bits per heavy atom. The third kappa shape index (κ3) is 7.03. The molecular weight excluding hydrogens is 280 g/mol. The van der Waals surface area contributed by atoms with Gasteiger partial charge in [0.05, 0.1) is 6.10 Å². The summed E-state index contributed by atoms with van der Waals surface area (Å²) in [6, 6.07) is 0.